The molecule has 3 aromatic rings. The normalized spacial score (nSPS) is 10.9. The molecule has 20 heavy (non-hydrogen) atoms. The predicted molar refractivity (Wildman–Crippen MR) is 77.3 cm³/mol. The van der Waals surface area contributed by atoms with Gasteiger partial charge in [-0.25, -0.2) is 4.98 Å². The third-order valence-corrected chi connectivity index (χ3v) is 3.44. The summed E-state index contributed by atoms with van der Waals surface area (Å²) in [5, 5.41) is 15.8. The average Bonchev–Trinajstić information content (AvgIpc) is 2.70. The van der Waals surface area contributed by atoms with Crippen LogP contribution < -0.4 is 5.32 Å². The van der Waals surface area contributed by atoms with Crippen LogP contribution in [0.15, 0.2) is 24.3 Å². The molecule has 0 saturated carbocycles. The largest absolute Gasteiger partial charge is 0.349 e. The van der Waals surface area contributed by atoms with E-state index in [0.29, 0.717) is 12.5 Å². The first kappa shape index (κ1) is 12.5. The number of fused-ring (bicyclic) bond motifs is 1. The molecule has 0 fully saturated rings. The molecule has 0 aliphatic carbocycles. The predicted octanol–water partition coefficient (Wildman–Crippen LogP) is 1.99. The van der Waals surface area contributed by atoms with Gasteiger partial charge in [0, 0.05) is 24.8 Å². The molecule has 0 spiro atoms. The van der Waals surface area contributed by atoms with E-state index < -0.39 is 0 Å². The first-order valence-corrected chi connectivity index (χ1v) is 6.47. The van der Waals surface area contributed by atoms with E-state index in [2.05, 4.69) is 32.5 Å². The molecule has 2 heterocycles. The number of nitrogens with one attached hydrogen (secondary N) is 1. The summed E-state index contributed by atoms with van der Waals surface area (Å²) in [4.78, 5) is 4.44. The van der Waals surface area contributed by atoms with Crippen molar-refractivity contribution in [2.45, 2.75) is 20.4 Å². The Kier molecular flexibility index (Phi) is 3.06. The number of rotatable bonds is 3. The lowest BCUT2D eigenvalue weighted by atomic mass is 10.2. The average molecular weight is 268 g/mol. The van der Waals surface area contributed by atoms with E-state index in [-0.39, 0.29) is 0 Å². The standard InChI is InChI=1S/C14H16N6/c1-9-11(10(2)20(3)19-9)8-15-14-16-12-6-4-5-7-13(12)17-18-14/h4-7H,8H2,1-3H3,(H,15,16,18). The summed E-state index contributed by atoms with van der Waals surface area (Å²) in [6.07, 6.45) is 0. The SMILES string of the molecule is Cc1nn(C)c(C)c1CNc1nnc2ccccc2n1. The minimum absolute atomic E-state index is 0.534. The fourth-order valence-electron chi connectivity index (χ4n) is 2.20. The number of nitrogens with zero attached hydrogens (tertiary/aromatic N) is 5. The van der Waals surface area contributed by atoms with E-state index in [4.69, 9.17) is 0 Å². The zero-order chi connectivity index (χ0) is 14.1. The van der Waals surface area contributed by atoms with Crippen LogP contribution >= 0.6 is 0 Å². The van der Waals surface area contributed by atoms with Crippen molar-refractivity contribution >= 4 is 17.0 Å². The van der Waals surface area contributed by atoms with Gasteiger partial charge in [0.05, 0.1) is 11.2 Å². The van der Waals surface area contributed by atoms with Crippen molar-refractivity contribution in [1.82, 2.24) is 25.0 Å². The summed E-state index contributed by atoms with van der Waals surface area (Å²) < 4.78 is 1.88. The smallest absolute Gasteiger partial charge is 0.243 e. The molecule has 3 rings (SSSR count). The Morgan fingerprint density at radius 1 is 1.10 bits per heavy atom. The monoisotopic (exact) mass is 268 g/mol. The van der Waals surface area contributed by atoms with Crippen molar-refractivity contribution in [2.75, 3.05) is 5.32 Å². The van der Waals surface area contributed by atoms with Gasteiger partial charge in [0.2, 0.25) is 5.95 Å². The van der Waals surface area contributed by atoms with Gasteiger partial charge in [-0.2, -0.15) is 5.10 Å². The number of para-hydroxylation sites is 1. The molecular weight excluding hydrogens is 252 g/mol. The maximum Gasteiger partial charge on any atom is 0.243 e. The highest BCUT2D eigenvalue weighted by molar-refractivity contribution is 5.74. The highest BCUT2D eigenvalue weighted by Gasteiger charge is 2.09. The van der Waals surface area contributed by atoms with E-state index >= 15 is 0 Å². The molecule has 1 aromatic carbocycles. The van der Waals surface area contributed by atoms with Crippen LogP contribution in [0.25, 0.3) is 11.0 Å². The number of aromatic nitrogens is 5. The fourth-order valence-corrected chi connectivity index (χ4v) is 2.20. The highest BCUT2D eigenvalue weighted by Crippen LogP contribution is 2.14. The van der Waals surface area contributed by atoms with Crippen LogP contribution in [0.3, 0.4) is 0 Å². The van der Waals surface area contributed by atoms with Gasteiger partial charge < -0.3 is 5.32 Å². The first-order chi connectivity index (χ1) is 9.65. The first-order valence-electron chi connectivity index (χ1n) is 6.47. The molecule has 102 valence electrons. The number of hydrogen-bond acceptors (Lipinski definition) is 5. The van der Waals surface area contributed by atoms with E-state index in [9.17, 15) is 0 Å². The van der Waals surface area contributed by atoms with Gasteiger partial charge in [0.15, 0.2) is 0 Å². The van der Waals surface area contributed by atoms with Crippen molar-refractivity contribution in [3.63, 3.8) is 0 Å². The van der Waals surface area contributed by atoms with E-state index in [1.165, 1.54) is 5.56 Å². The van der Waals surface area contributed by atoms with E-state index in [1.807, 2.05) is 42.9 Å². The summed E-state index contributed by atoms with van der Waals surface area (Å²) in [5.74, 6) is 0.534. The molecule has 2 aromatic heterocycles. The highest BCUT2D eigenvalue weighted by atomic mass is 15.3. The molecule has 1 N–H and O–H groups in total. The van der Waals surface area contributed by atoms with Crippen LogP contribution in [-0.4, -0.2) is 25.0 Å². The van der Waals surface area contributed by atoms with Gasteiger partial charge >= 0.3 is 0 Å². The molecule has 0 radical (unpaired) electrons. The molecule has 6 heteroatoms. The molecule has 0 unspecified atom stereocenters. The van der Waals surface area contributed by atoms with Crippen LogP contribution in [0.5, 0.6) is 0 Å². The summed E-state index contributed by atoms with van der Waals surface area (Å²) in [5.41, 5.74) is 4.97. The Bertz CT molecular complexity index is 761. The summed E-state index contributed by atoms with van der Waals surface area (Å²) in [6, 6.07) is 7.69. The summed E-state index contributed by atoms with van der Waals surface area (Å²) >= 11 is 0. The number of anilines is 1. The minimum Gasteiger partial charge on any atom is -0.349 e. The van der Waals surface area contributed by atoms with Crippen molar-refractivity contribution < 1.29 is 0 Å². The van der Waals surface area contributed by atoms with Crippen LogP contribution in [-0.2, 0) is 13.6 Å². The van der Waals surface area contributed by atoms with Crippen molar-refractivity contribution in [1.29, 1.82) is 0 Å². The molecule has 0 bridgehead atoms. The van der Waals surface area contributed by atoms with E-state index in [1.54, 1.807) is 0 Å². The second-order valence-corrected chi connectivity index (χ2v) is 4.75. The second-order valence-electron chi connectivity index (χ2n) is 4.75. The van der Waals surface area contributed by atoms with Crippen LogP contribution in [0.2, 0.25) is 0 Å². The zero-order valence-electron chi connectivity index (χ0n) is 11.8. The summed E-state index contributed by atoms with van der Waals surface area (Å²) in [6.45, 7) is 4.70. The molecule has 0 saturated heterocycles. The Morgan fingerprint density at radius 2 is 1.85 bits per heavy atom. The van der Waals surface area contributed by atoms with Gasteiger partial charge in [-0.05, 0) is 26.0 Å². The topological polar surface area (TPSA) is 68.5 Å². The Balaban J connectivity index is 1.83. The molecular formula is C14H16N6. The quantitative estimate of drug-likeness (QED) is 0.786. The Hall–Kier alpha value is -2.50. The third kappa shape index (κ3) is 2.20. The second kappa shape index (κ2) is 4.88. The maximum absolute atomic E-state index is 4.44. The van der Waals surface area contributed by atoms with Crippen molar-refractivity contribution in [2.24, 2.45) is 7.05 Å². The number of benzene rings is 1. The lowest BCUT2D eigenvalue weighted by molar-refractivity contribution is 0.730. The van der Waals surface area contributed by atoms with Crippen molar-refractivity contribution in [3.05, 3.63) is 41.2 Å². The van der Waals surface area contributed by atoms with E-state index in [0.717, 1.165) is 22.4 Å². The van der Waals surface area contributed by atoms with Crippen LogP contribution in [0.1, 0.15) is 17.0 Å². The van der Waals surface area contributed by atoms with Crippen LogP contribution in [0.4, 0.5) is 5.95 Å². The molecule has 0 aliphatic heterocycles. The zero-order valence-corrected chi connectivity index (χ0v) is 11.8. The lowest BCUT2D eigenvalue weighted by Crippen LogP contribution is -2.06. The van der Waals surface area contributed by atoms with Crippen LogP contribution in [0, 0.1) is 13.8 Å². The Labute approximate surface area is 116 Å². The van der Waals surface area contributed by atoms with Gasteiger partial charge in [0.1, 0.15) is 5.52 Å². The molecule has 0 aliphatic rings. The van der Waals surface area contributed by atoms with Crippen molar-refractivity contribution in [3.8, 4) is 0 Å². The van der Waals surface area contributed by atoms with Gasteiger partial charge in [0.25, 0.3) is 0 Å². The van der Waals surface area contributed by atoms with Gasteiger partial charge in [-0.15, -0.1) is 10.2 Å². The fraction of sp³-hybridized carbons (Fsp3) is 0.286. The Morgan fingerprint density at radius 3 is 2.55 bits per heavy atom. The number of hydrogen-bond donors (Lipinski definition) is 1. The summed E-state index contributed by atoms with van der Waals surface area (Å²) in [7, 11) is 1.94. The number of aryl methyl sites for hydroxylation is 2. The van der Waals surface area contributed by atoms with Gasteiger partial charge in [-0.3, -0.25) is 4.68 Å². The van der Waals surface area contributed by atoms with Gasteiger partial charge in [-0.1, -0.05) is 12.1 Å². The lowest BCUT2D eigenvalue weighted by Gasteiger charge is -2.05. The third-order valence-electron chi connectivity index (χ3n) is 3.44. The molecule has 6 nitrogen and oxygen atoms in total. The molecule has 0 amide bonds. The maximum atomic E-state index is 4.44. The molecule has 0 atom stereocenters. The minimum atomic E-state index is 0.534.